The van der Waals surface area contributed by atoms with Gasteiger partial charge in [-0.2, -0.15) is 5.10 Å². The van der Waals surface area contributed by atoms with Gasteiger partial charge >= 0.3 is 5.97 Å². The van der Waals surface area contributed by atoms with Crippen molar-refractivity contribution in [3.63, 3.8) is 0 Å². The number of aromatic nitrogens is 4. The van der Waals surface area contributed by atoms with Gasteiger partial charge in [-0.1, -0.05) is 47.5 Å². The number of ether oxygens (including phenoxy) is 1. The van der Waals surface area contributed by atoms with Crippen LogP contribution in [0.4, 0.5) is 5.69 Å². The Morgan fingerprint density at radius 2 is 1.74 bits per heavy atom. The first-order valence-corrected chi connectivity index (χ1v) is 17.5. The smallest absolute Gasteiger partial charge is 0.325 e. The largest absolute Gasteiger partial charge is 0.494 e. The minimum Gasteiger partial charge on any atom is -0.494 e. The summed E-state index contributed by atoms with van der Waals surface area (Å²) in [5, 5.41) is 17.3. The van der Waals surface area contributed by atoms with Crippen LogP contribution in [0.1, 0.15) is 51.4 Å². The number of hydrogen-bond acceptors (Lipinski definition) is 5. The molecule has 0 spiro atoms. The van der Waals surface area contributed by atoms with Crippen LogP contribution >= 0.6 is 23.2 Å². The molecule has 0 saturated heterocycles. The summed E-state index contributed by atoms with van der Waals surface area (Å²) in [5.74, 6) is -0.326. The van der Waals surface area contributed by atoms with E-state index in [1.165, 1.54) is 4.68 Å². The van der Waals surface area contributed by atoms with Gasteiger partial charge in [-0.05, 0) is 94.0 Å². The number of aryl methyl sites for hydroxylation is 5. The maximum absolute atomic E-state index is 14.9. The Kier molecular flexibility index (Phi) is 9.05. The zero-order chi connectivity index (χ0) is 35.3. The highest BCUT2D eigenvalue weighted by molar-refractivity contribution is 6.35. The summed E-state index contributed by atoms with van der Waals surface area (Å²) in [6, 6.07) is 17.6. The lowest BCUT2D eigenvalue weighted by Crippen LogP contribution is -2.32. The monoisotopic (exact) mass is 709 g/mol. The molecule has 50 heavy (non-hydrogen) atoms. The van der Waals surface area contributed by atoms with Gasteiger partial charge < -0.3 is 19.3 Å². The van der Waals surface area contributed by atoms with Crippen LogP contribution in [0.3, 0.4) is 0 Å². The van der Waals surface area contributed by atoms with Crippen LogP contribution in [0, 0.1) is 27.7 Å². The number of nitrogens with zero attached hydrogens (tertiary/aromatic N) is 5. The number of rotatable bonds is 9. The number of aliphatic carboxylic acids is 1. The van der Waals surface area contributed by atoms with E-state index in [9.17, 15) is 14.7 Å². The quantitative estimate of drug-likeness (QED) is 0.151. The minimum atomic E-state index is -0.981. The summed E-state index contributed by atoms with van der Waals surface area (Å²) in [7, 11) is 0. The van der Waals surface area contributed by atoms with E-state index < -0.39 is 5.97 Å². The van der Waals surface area contributed by atoms with Gasteiger partial charge in [0.15, 0.2) is 0 Å². The molecule has 0 fully saturated rings. The van der Waals surface area contributed by atoms with Crippen LogP contribution in [-0.4, -0.2) is 49.5 Å². The van der Waals surface area contributed by atoms with Gasteiger partial charge in [0.05, 0.1) is 34.0 Å². The number of hydrogen-bond donors (Lipinski definition) is 1. The fraction of sp³-hybridized carbons (Fsp3) is 0.282. The SMILES string of the molecule is Cc1cc(OCCCc2c3n(c4c(-c5c(C)nn(CC(=O)O)c5C)c(Cl)ccc24)CCCN(c2cccc4cccnc24)C3=O)cc(C)c1Cl. The fourth-order valence-corrected chi connectivity index (χ4v) is 7.73. The Hall–Kier alpha value is -4.86. The number of benzene rings is 3. The molecule has 3 aromatic carbocycles. The van der Waals surface area contributed by atoms with E-state index in [0.29, 0.717) is 61.1 Å². The zero-order valence-electron chi connectivity index (χ0n) is 28.4. The first-order chi connectivity index (χ1) is 24.0. The molecule has 1 N–H and O–H groups in total. The maximum Gasteiger partial charge on any atom is 0.325 e. The summed E-state index contributed by atoms with van der Waals surface area (Å²) in [5.41, 5.74) is 8.73. The van der Waals surface area contributed by atoms with Crippen LogP contribution < -0.4 is 9.64 Å². The number of fused-ring (bicyclic) bond motifs is 4. The van der Waals surface area contributed by atoms with Crippen molar-refractivity contribution in [3.05, 3.63) is 105 Å². The Morgan fingerprint density at radius 3 is 2.50 bits per heavy atom. The molecule has 11 heteroatoms. The van der Waals surface area contributed by atoms with Crippen molar-refractivity contribution in [2.24, 2.45) is 0 Å². The molecular weight excluding hydrogens is 673 g/mol. The molecule has 1 amide bonds. The van der Waals surface area contributed by atoms with Crippen molar-refractivity contribution in [2.45, 2.75) is 60.0 Å². The number of carbonyl (C=O) groups is 2. The Labute approximate surface area is 300 Å². The molecule has 256 valence electrons. The predicted octanol–water partition coefficient (Wildman–Crippen LogP) is 8.74. The van der Waals surface area contributed by atoms with E-state index in [4.69, 9.17) is 27.9 Å². The first-order valence-electron chi connectivity index (χ1n) is 16.7. The summed E-state index contributed by atoms with van der Waals surface area (Å²) in [4.78, 5) is 33.1. The highest BCUT2D eigenvalue weighted by atomic mass is 35.5. The van der Waals surface area contributed by atoms with Crippen LogP contribution in [0.25, 0.3) is 32.9 Å². The average molecular weight is 711 g/mol. The Balaban J connectivity index is 1.37. The predicted molar refractivity (Wildman–Crippen MR) is 198 cm³/mol. The number of carbonyl (C=O) groups excluding carboxylic acids is 1. The molecule has 0 radical (unpaired) electrons. The minimum absolute atomic E-state index is 0.103. The molecule has 1 aliphatic heterocycles. The standard InChI is InChI=1S/C39H37Cl2N5O4/c1-22-19-27(20-23(2)35(22)41)50-18-7-11-28-29-13-14-30(40)34(33-24(3)43-46(25(33)4)21-32(47)48)37(29)45-17-8-16-44(39(49)38(28)45)31-12-5-9-26-10-6-15-42-36(26)31/h5-6,9-10,12-15,19-20H,7-8,11,16-18,21H2,1-4H3,(H,47,48). The molecule has 4 heterocycles. The molecule has 0 saturated carbocycles. The second kappa shape index (κ2) is 13.5. The third-order valence-corrected chi connectivity index (χ3v) is 10.5. The number of halogens is 2. The van der Waals surface area contributed by atoms with E-state index in [1.54, 1.807) is 6.20 Å². The van der Waals surface area contributed by atoms with Gasteiger partial charge in [0.2, 0.25) is 0 Å². The maximum atomic E-state index is 14.9. The molecular formula is C39H37Cl2N5O4. The molecule has 0 atom stereocenters. The summed E-state index contributed by atoms with van der Waals surface area (Å²) >= 11 is 13.4. The Morgan fingerprint density at radius 1 is 0.980 bits per heavy atom. The molecule has 1 aliphatic rings. The first kappa shape index (κ1) is 33.6. The molecule has 7 rings (SSSR count). The Bertz CT molecular complexity index is 2300. The average Bonchev–Trinajstić information content (AvgIpc) is 3.47. The second-order valence-corrected chi connectivity index (χ2v) is 13.7. The molecule has 6 aromatic rings. The van der Waals surface area contributed by atoms with E-state index in [1.807, 2.05) is 87.2 Å². The number of carboxylic acids is 1. The fourth-order valence-electron chi connectivity index (χ4n) is 7.37. The summed E-state index contributed by atoms with van der Waals surface area (Å²) in [6.45, 7) is 8.92. The van der Waals surface area contributed by atoms with E-state index >= 15 is 0 Å². The summed E-state index contributed by atoms with van der Waals surface area (Å²) in [6.07, 6.45) is 3.69. The van der Waals surface area contributed by atoms with E-state index in [-0.39, 0.29) is 12.5 Å². The lowest BCUT2D eigenvalue weighted by Gasteiger charge is -2.22. The van der Waals surface area contributed by atoms with Crippen molar-refractivity contribution in [1.29, 1.82) is 0 Å². The second-order valence-electron chi connectivity index (χ2n) is 12.9. The molecule has 0 unspecified atom stereocenters. The number of pyridine rings is 1. The van der Waals surface area contributed by atoms with Crippen molar-refractivity contribution in [1.82, 2.24) is 19.3 Å². The lowest BCUT2D eigenvalue weighted by atomic mass is 9.98. The van der Waals surface area contributed by atoms with Crippen LogP contribution in [0.5, 0.6) is 5.75 Å². The van der Waals surface area contributed by atoms with Crippen LogP contribution in [0.15, 0.2) is 60.8 Å². The zero-order valence-corrected chi connectivity index (χ0v) is 29.9. The summed E-state index contributed by atoms with van der Waals surface area (Å²) < 4.78 is 9.81. The molecule has 0 aliphatic carbocycles. The highest BCUT2D eigenvalue weighted by Crippen LogP contribution is 2.43. The van der Waals surface area contributed by atoms with Gasteiger partial charge in [-0.25, -0.2) is 0 Å². The van der Waals surface area contributed by atoms with E-state index in [2.05, 4.69) is 14.6 Å². The number of carboxylic acid groups (broad SMARTS) is 1. The molecule has 0 bridgehead atoms. The van der Waals surface area contributed by atoms with Crippen molar-refractivity contribution in [2.75, 3.05) is 18.1 Å². The third-order valence-electron chi connectivity index (χ3n) is 9.56. The normalized spacial score (nSPS) is 13.2. The third kappa shape index (κ3) is 5.88. The van der Waals surface area contributed by atoms with Gasteiger partial charge in [0.25, 0.3) is 5.91 Å². The van der Waals surface area contributed by atoms with Crippen molar-refractivity contribution in [3.8, 4) is 16.9 Å². The number of anilines is 1. The lowest BCUT2D eigenvalue weighted by molar-refractivity contribution is -0.137. The van der Waals surface area contributed by atoms with E-state index in [0.717, 1.165) is 66.1 Å². The van der Waals surface area contributed by atoms with Crippen LogP contribution in [0.2, 0.25) is 10.0 Å². The van der Waals surface area contributed by atoms with Crippen LogP contribution in [-0.2, 0) is 24.3 Å². The number of amides is 1. The van der Waals surface area contributed by atoms with Crippen molar-refractivity contribution >= 4 is 62.6 Å². The van der Waals surface area contributed by atoms with Gasteiger partial charge in [-0.3, -0.25) is 19.3 Å². The van der Waals surface area contributed by atoms with Gasteiger partial charge in [0, 0.05) is 51.9 Å². The van der Waals surface area contributed by atoms with Crippen molar-refractivity contribution < 1.29 is 19.4 Å². The highest BCUT2D eigenvalue weighted by Gasteiger charge is 2.33. The molecule has 3 aromatic heterocycles. The van der Waals surface area contributed by atoms with Gasteiger partial charge in [-0.15, -0.1) is 0 Å². The number of para-hydroxylation sites is 1. The van der Waals surface area contributed by atoms with Gasteiger partial charge in [0.1, 0.15) is 18.0 Å². The molecule has 9 nitrogen and oxygen atoms in total. The topological polar surface area (TPSA) is 102 Å².